The summed E-state index contributed by atoms with van der Waals surface area (Å²) in [4.78, 5) is 21.1. The number of rotatable bonds is 9. The van der Waals surface area contributed by atoms with Crippen LogP contribution in [-0.2, 0) is 11.2 Å². The molecule has 1 N–H and O–H groups in total. The van der Waals surface area contributed by atoms with E-state index in [0.29, 0.717) is 36.8 Å². The number of fused-ring (bicyclic) bond motifs is 2. The molecule has 1 aliphatic carbocycles. The van der Waals surface area contributed by atoms with Gasteiger partial charge < -0.3 is 14.6 Å². The lowest BCUT2D eigenvalue weighted by atomic mass is 10.0. The number of aromatic amines is 1. The molecular weight excluding hydrogens is 586 g/mol. The van der Waals surface area contributed by atoms with Crippen molar-refractivity contribution in [3.63, 3.8) is 0 Å². The number of nitrogens with zero attached hydrogens (tertiary/aromatic N) is 2. The van der Waals surface area contributed by atoms with Gasteiger partial charge in [0.25, 0.3) is 0 Å². The number of allylic oxidation sites excluding steroid dienone is 1. The molecule has 1 aromatic heterocycles. The van der Waals surface area contributed by atoms with E-state index in [-0.39, 0.29) is 11.8 Å². The van der Waals surface area contributed by atoms with Gasteiger partial charge in [-0.2, -0.15) is 0 Å². The molecule has 0 saturated carbocycles. The van der Waals surface area contributed by atoms with Crippen LogP contribution in [0.5, 0.6) is 5.75 Å². The minimum atomic E-state index is 0.243. The van der Waals surface area contributed by atoms with Crippen LogP contribution in [0.25, 0.3) is 22.6 Å². The van der Waals surface area contributed by atoms with Crippen molar-refractivity contribution in [3.8, 4) is 5.75 Å². The molecule has 206 valence electrons. The fraction of sp³-hybridized carbons (Fsp3) is 0.303. The molecule has 2 aliphatic rings. The molecule has 3 aromatic carbocycles. The monoisotopic (exact) mass is 617 g/mol. The van der Waals surface area contributed by atoms with Gasteiger partial charge >= 0.3 is 0 Å². The van der Waals surface area contributed by atoms with Crippen LogP contribution in [0.15, 0.2) is 71.2 Å². The zero-order chi connectivity index (χ0) is 27.6. The third-order valence-corrected chi connectivity index (χ3v) is 8.74. The van der Waals surface area contributed by atoms with Gasteiger partial charge in [0.1, 0.15) is 11.5 Å². The average molecular weight is 619 g/mol. The molecule has 0 amide bonds. The minimum absolute atomic E-state index is 0.243. The van der Waals surface area contributed by atoms with E-state index < -0.39 is 0 Å². The first-order chi connectivity index (χ1) is 19.4. The number of nitrogens with one attached hydrogen (secondary N) is 1. The van der Waals surface area contributed by atoms with E-state index in [4.69, 9.17) is 16.3 Å². The van der Waals surface area contributed by atoms with Crippen LogP contribution >= 0.6 is 27.5 Å². The van der Waals surface area contributed by atoms with Gasteiger partial charge in [0.15, 0.2) is 0 Å². The number of hydrogen-bond donors (Lipinski definition) is 1. The highest BCUT2D eigenvalue weighted by molar-refractivity contribution is 9.10. The second-order valence-corrected chi connectivity index (χ2v) is 12.2. The second kappa shape index (κ2) is 11.9. The number of likely N-dealkylation sites (N-methyl/N-ethyl adjacent to an activating group) is 1. The molecule has 4 aromatic rings. The number of Topliss-reactive ketones (excluding diaryl/α,β-unsaturated/α-hetero) is 1. The van der Waals surface area contributed by atoms with E-state index in [0.717, 1.165) is 47.1 Å². The van der Waals surface area contributed by atoms with Gasteiger partial charge in [0.05, 0.1) is 18.2 Å². The number of aromatic nitrogens is 1. The van der Waals surface area contributed by atoms with Crippen molar-refractivity contribution in [2.24, 2.45) is 0 Å². The summed E-state index contributed by atoms with van der Waals surface area (Å²) in [5.41, 5.74) is 7.20. The van der Waals surface area contributed by atoms with Crippen LogP contribution in [0.1, 0.15) is 41.3 Å². The Kier molecular flexibility index (Phi) is 8.12. The minimum Gasteiger partial charge on any atom is -0.492 e. The van der Waals surface area contributed by atoms with E-state index >= 15 is 0 Å². The normalized spacial score (nSPS) is 17.7. The van der Waals surface area contributed by atoms with Crippen LogP contribution in [-0.4, -0.2) is 60.4 Å². The number of benzene rings is 3. The van der Waals surface area contributed by atoms with Crippen molar-refractivity contribution in [1.29, 1.82) is 0 Å². The Morgan fingerprint density at radius 2 is 1.95 bits per heavy atom. The number of carbonyl (C=O) groups excluding carboxylic acids is 1. The third kappa shape index (κ3) is 6.06. The second-order valence-electron chi connectivity index (χ2n) is 10.9. The number of piperazine rings is 1. The standard InChI is InChI=1S/C33H33BrClN3O2/c1-37-11-12-38(32(21-37)22-6-3-2-4-7-22)20-28(39)8-5-13-40-33-19-31-26(17-29(33)35)18-30(36-31)25-14-23-9-10-27(34)16-24(23)15-25/h2-4,6-7,9-10,14,16-19,32,36H,5,8,11-13,15,20-21H2,1H3. The lowest BCUT2D eigenvalue weighted by Gasteiger charge is -2.40. The Morgan fingerprint density at radius 3 is 2.80 bits per heavy atom. The summed E-state index contributed by atoms with van der Waals surface area (Å²) in [6, 6.07) is 23.2. The smallest absolute Gasteiger partial charge is 0.146 e. The van der Waals surface area contributed by atoms with Gasteiger partial charge in [-0.05, 0) is 66.1 Å². The Hall–Kier alpha value is -2.90. The largest absolute Gasteiger partial charge is 0.492 e. The first-order valence-corrected chi connectivity index (χ1v) is 15.0. The van der Waals surface area contributed by atoms with E-state index in [1.54, 1.807) is 0 Å². The molecule has 1 atom stereocenters. The van der Waals surface area contributed by atoms with E-state index in [1.165, 1.54) is 22.3 Å². The summed E-state index contributed by atoms with van der Waals surface area (Å²) >= 11 is 10.2. The third-order valence-electron chi connectivity index (χ3n) is 7.95. The number of hydrogen-bond acceptors (Lipinski definition) is 4. The fourth-order valence-electron chi connectivity index (χ4n) is 5.80. The molecule has 6 rings (SSSR count). The molecule has 1 aliphatic heterocycles. The SMILES string of the molecule is CN1CCN(CC(=O)CCCOc2cc3[nH]c(C4=Cc5ccc(Br)cc5C4)cc3cc2Cl)C(c2ccccc2)C1. The first-order valence-electron chi connectivity index (χ1n) is 13.9. The molecule has 1 unspecified atom stereocenters. The van der Waals surface area contributed by atoms with Crippen LogP contribution in [0.4, 0.5) is 0 Å². The maximum Gasteiger partial charge on any atom is 0.146 e. The molecule has 2 heterocycles. The summed E-state index contributed by atoms with van der Waals surface area (Å²) in [6.45, 7) is 3.73. The van der Waals surface area contributed by atoms with E-state index in [2.05, 4.69) is 92.4 Å². The van der Waals surface area contributed by atoms with Crippen molar-refractivity contribution < 1.29 is 9.53 Å². The molecule has 7 heteroatoms. The lowest BCUT2D eigenvalue weighted by Crippen LogP contribution is -2.48. The Labute approximate surface area is 248 Å². The quantitative estimate of drug-likeness (QED) is 0.199. The number of carbonyl (C=O) groups is 1. The molecule has 0 bridgehead atoms. The molecular formula is C33H33BrClN3O2. The molecule has 0 spiro atoms. The lowest BCUT2D eigenvalue weighted by molar-refractivity contribution is -0.121. The van der Waals surface area contributed by atoms with Crippen LogP contribution < -0.4 is 4.74 Å². The molecule has 1 fully saturated rings. The Balaban J connectivity index is 1.04. The molecule has 5 nitrogen and oxygen atoms in total. The van der Waals surface area contributed by atoms with Crippen LogP contribution in [0.2, 0.25) is 5.02 Å². The number of halogens is 2. The zero-order valence-corrected chi connectivity index (χ0v) is 25.0. The van der Waals surface area contributed by atoms with Gasteiger partial charge in [-0.15, -0.1) is 0 Å². The van der Waals surface area contributed by atoms with Crippen molar-refractivity contribution in [1.82, 2.24) is 14.8 Å². The average Bonchev–Trinajstić information content (AvgIpc) is 3.56. The Morgan fingerprint density at radius 1 is 1.10 bits per heavy atom. The van der Waals surface area contributed by atoms with Gasteiger partial charge in [-0.1, -0.05) is 63.9 Å². The maximum absolute atomic E-state index is 12.9. The molecule has 1 saturated heterocycles. The highest BCUT2D eigenvalue weighted by Crippen LogP contribution is 2.36. The van der Waals surface area contributed by atoms with Gasteiger partial charge in [-0.25, -0.2) is 0 Å². The maximum atomic E-state index is 12.9. The predicted octanol–water partition coefficient (Wildman–Crippen LogP) is 7.40. The summed E-state index contributed by atoms with van der Waals surface area (Å²) in [5.74, 6) is 0.897. The van der Waals surface area contributed by atoms with E-state index in [9.17, 15) is 4.79 Å². The summed E-state index contributed by atoms with van der Waals surface area (Å²) < 4.78 is 7.14. The Bertz CT molecular complexity index is 1560. The highest BCUT2D eigenvalue weighted by Gasteiger charge is 2.27. The van der Waals surface area contributed by atoms with Crippen LogP contribution in [0, 0.1) is 0 Å². The molecule has 40 heavy (non-hydrogen) atoms. The first kappa shape index (κ1) is 27.3. The number of ether oxygens (including phenoxy) is 1. The fourth-order valence-corrected chi connectivity index (χ4v) is 6.43. The molecule has 0 radical (unpaired) electrons. The van der Waals surface area contributed by atoms with Gasteiger partial charge in [-0.3, -0.25) is 9.69 Å². The van der Waals surface area contributed by atoms with E-state index in [1.807, 2.05) is 18.2 Å². The topological polar surface area (TPSA) is 48.6 Å². The summed E-state index contributed by atoms with van der Waals surface area (Å²) in [6.07, 6.45) is 4.29. The van der Waals surface area contributed by atoms with Gasteiger partial charge in [0, 0.05) is 65.7 Å². The summed E-state index contributed by atoms with van der Waals surface area (Å²) in [5, 5.41) is 1.64. The summed E-state index contributed by atoms with van der Waals surface area (Å²) in [7, 11) is 2.15. The zero-order valence-electron chi connectivity index (χ0n) is 22.6. The number of ketones is 1. The van der Waals surface area contributed by atoms with Gasteiger partial charge in [0.2, 0.25) is 0 Å². The van der Waals surface area contributed by atoms with Crippen molar-refractivity contribution in [2.45, 2.75) is 25.3 Å². The predicted molar refractivity (Wildman–Crippen MR) is 167 cm³/mol. The van der Waals surface area contributed by atoms with Crippen molar-refractivity contribution >= 4 is 55.9 Å². The highest BCUT2D eigenvalue weighted by atomic mass is 79.9. The van der Waals surface area contributed by atoms with Crippen LogP contribution in [0.3, 0.4) is 0 Å². The number of H-pyrrole nitrogens is 1. The van der Waals surface area contributed by atoms with Crippen molar-refractivity contribution in [3.05, 3.63) is 98.6 Å². The van der Waals surface area contributed by atoms with Crippen molar-refractivity contribution in [2.75, 3.05) is 39.8 Å².